The van der Waals surface area contributed by atoms with Crippen molar-refractivity contribution < 1.29 is 14.1 Å². The van der Waals surface area contributed by atoms with Crippen LogP contribution in [0, 0.1) is 22.9 Å². The van der Waals surface area contributed by atoms with Gasteiger partial charge in [0, 0.05) is 37.1 Å². The Morgan fingerprint density at radius 3 is 2.64 bits per heavy atom. The number of imidazole rings is 1. The zero-order chi connectivity index (χ0) is 20.1. The van der Waals surface area contributed by atoms with Crippen LogP contribution in [0.1, 0.15) is 17.0 Å². The van der Waals surface area contributed by atoms with Gasteiger partial charge in [0.05, 0.1) is 10.6 Å². The third kappa shape index (κ3) is 4.47. The monoisotopic (exact) mass is 380 g/mol. The molecule has 0 saturated heterocycles. The second kappa shape index (κ2) is 8.26. The minimum absolute atomic E-state index is 0.0158. The minimum atomic E-state index is -0.487. The summed E-state index contributed by atoms with van der Waals surface area (Å²) in [7, 11) is 0. The maximum Gasteiger partial charge on any atom is 0.269 e. The van der Waals surface area contributed by atoms with Gasteiger partial charge in [0.25, 0.3) is 5.69 Å². The van der Waals surface area contributed by atoms with Gasteiger partial charge in [-0.25, -0.2) is 9.37 Å². The molecule has 28 heavy (non-hydrogen) atoms. The number of rotatable bonds is 6. The Kier molecular flexibility index (Phi) is 5.59. The van der Waals surface area contributed by atoms with E-state index in [0.717, 1.165) is 0 Å². The normalized spacial score (nSPS) is 10.9. The molecule has 0 unspecified atom stereocenters. The molecule has 8 heteroatoms. The summed E-state index contributed by atoms with van der Waals surface area (Å²) in [5.41, 5.74) is 1.66. The zero-order valence-corrected chi connectivity index (χ0v) is 15.0. The van der Waals surface area contributed by atoms with Crippen molar-refractivity contribution in [2.24, 2.45) is 0 Å². The van der Waals surface area contributed by atoms with E-state index in [9.17, 15) is 19.3 Å². The van der Waals surface area contributed by atoms with E-state index < -0.39 is 10.7 Å². The van der Waals surface area contributed by atoms with E-state index in [4.69, 9.17) is 0 Å². The number of nitrogens with one attached hydrogen (secondary N) is 1. The molecule has 2 aromatic carbocycles. The number of halogens is 1. The molecule has 3 aromatic rings. The Balaban J connectivity index is 1.59. The van der Waals surface area contributed by atoms with E-state index in [1.54, 1.807) is 54.2 Å². The van der Waals surface area contributed by atoms with Gasteiger partial charge >= 0.3 is 0 Å². The Bertz CT molecular complexity index is 1040. The standard InChI is InChI=1S/C20H17FN4O3/c1-14-22-10-11-24(14)19-8-4-16(12-18(19)21)13-23-20(26)9-5-15-2-6-17(7-3-15)25(27)28/h2-12H,13H2,1H3,(H,23,26). The number of nitro benzene ring substituents is 1. The average Bonchev–Trinajstić information content (AvgIpc) is 3.10. The van der Waals surface area contributed by atoms with Crippen LogP contribution in [0.4, 0.5) is 10.1 Å². The number of carbonyl (C=O) groups excluding carboxylic acids is 1. The van der Waals surface area contributed by atoms with Gasteiger partial charge in [0.1, 0.15) is 11.6 Å². The van der Waals surface area contributed by atoms with Gasteiger partial charge < -0.3 is 9.88 Å². The fourth-order valence-electron chi connectivity index (χ4n) is 2.62. The van der Waals surface area contributed by atoms with Crippen LogP contribution >= 0.6 is 0 Å². The lowest BCUT2D eigenvalue weighted by Crippen LogP contribution is -2.20. The molecule has 7 nitrogen and oxygen atoms in total. The number of carbonyl (C=O) groups is 1. The number of hydrogen-bond acceptors (Lipinski definition) is 4. The lowest BCUT2D eigenvalue weighted by molar-refractivity contribution is -0.384. The highest BCUT2D eigenvalue weighted by molar-refractivity contribution is 5.91. The number of amides is 1. The number of nitro groups is 1. The molecule has 0 radical (unpaired) electrons. The van der Waals surface area contributed by atoms with Crippen LogP contribution in [0.2, 0.25) is 0 Å². The van der Waals surface area contributed by atoms with Gasteiger partial charge in [0.15, 0.2) is 0 Å². The average molecular weight is 380 g/mol. The van der Waals surface area contributed by atoms with Crippen LogP contribution in [-0.4, -0.2) is 20.4 Å². The molecule has 0 aliphatic carbocycles. The molecule has 0 spiro atoms. The van der Waals surface area contributed by atoms with Crippen LogP contribution in [0.3, 0.4) is 0 Å². The first-order valence-electron chi connectivity index (χ1n) is 8.43. The van der Waals surface area contributed by atoms with Crippen molar-refractivity contribution in [1.82, 2.24) is 14.9 Å². The second-order valence-corrected chi connectivity index (χ2v) is 6.03. The molecule has 142 valence electrons. The molecule has 1 heterocycles. The van der Waals surface area contributed by atoms with Crippen molar-refractivity contribution in [3.63, 3.8) is 0 Å². The van der Waals surface area contributed by atoms with E-state index in [2.05, 4.69) is 10.3 Å². The Morgan fingerprint density at radius 2 is 2.04 bits per heavy atom. The Labute approximate surface area is 160 Å². The van der Waals surface area contributed by atoms with Gasteiger partial charge in [-0.2, -0.15) is 0 Å². The highest BCUT2D eigenvalue weighted by Crippen LogP contribution is 2.17. The molecule has 0 aliphatic rings. The predicted octanol–water partition coefficient (Wildman–Crippen LogP) is 3.56. The lowest BCUT2D eigenvalue weighted by atomic mass is 10.2. The van der Waals surface area contributed by atoms with Gasteiger partial charge in [-0.1, -0.05) is 6.07 Å². The van der Waals surface area contributed by atoms with Crippen molar-refractivity contribution in [3.05, 3.63) is 93.8 Å². The van der Waals surface area contributed by atoms with Crippen LogP contribution in [0.5, 0.6) is 0 Å². The first kappa shape index (κ1) is 19.0. The number of aromatic nitrogens is 2. The highest BCUT2D eigenvalue weighted by Gasteiger charge is 2.08. The minimum Gasteiger partial charge on any atom is -0.348 e. The summed E-state index contributed by atoms with van der Waals surface area (Å²) in [6.45, 7) is 1.95. The molecule has 0 saturated carbocycles. The van der Waals surface area contributed by atoms with Gasteiger partial charge in [0.2, 0.25) is 5.91 Å². The molecule has 0 atom stereocenters. The maximum absolute atomic E-state index is 14.4. The highest BCUT2D eigenvalue weighted by atomic mass is 19.1. The fraction of sp³-hybridized carbons (Fsp3) is 0.100. The van der Waals surface area contributed by atoms with Gasteiger partial charge in [-0.05, 0) is 48.4 Å². The molecular weight excluding hydrogens is 363 g/mol. The molecular formula is C20H17FN4O3. The van der Waals surface area contributed by atoms with E-state index in [1.807, 2.05) is 0 Å². The van der Waals surface area contributed by atoms with Crippen molar-refractivity contribution in [2.75, 3.05) is 0 Å². The quantitative estimate of drug-likeness (QED) is 0.402. The summed E-state index contributed by atoms with van der Waals surface area (Å²) in [5, 5.41) is 13.3. The smallest absolute Gasteiger partial charge is 0.269 e. The number of benzene rings is 2. The number of aryl methyl sites for hydroxylation is 1. The summed E-state index contributed by atoms with van der Waals surface area (Å²) >= 11 is 0. The zero-order valence-electron chi connectivity index (χ0n) is 15.0. The first-order valence-corrected chi connectivity index (χ1v) is 8.43. The third-order valence-corrected chi connectivity index (χ3v) is 4.10. The van der Waals surface area contributed by atoms with Crippen LogP contribution in [-0.2, 0) is 11.3 Å². The molecule has 1 aromatic heterocycles. The summed E-state index contributed by atoms with van der Waals surface area (Å²) in [6, 6.07) is 10.6. The van der Waals surface area contributed by atoms with Crippen molar-refractivity contribution >= 4 is 17.7 Å². The molecule has 1 amide bonds. The van der Waals surface area contributed by atoms with Gasteiger partial charge in [-0.3, -0.25) is 14.9 Å². The summed E-state index contributed by atoms with van der Waals surface area (Å²) < 4.78 is 16.0. The Hall–Kier alpha value is -3.81. The first-order chi connectivity index (χ1) is 13.4. The van der Waals surface area contributed by atoms with Crippen molar-refractivity contribution in [2.45, 2.75) is 13.5 Å². The molecule has 3 rings (SSSR count). The fourth-order valence-corrected chi connectivity index (χ4v) is 2.62. The maximum atomic E-state index is 14.4. The van der Waals surface area contributed by atoms with E-state index >= 15 is 0 Å². The lowest BCUT2D eigenvalue weighted by Gasteiger charge is -2.09. The third-order valence-electron chi connectivity index (χ3n) is 4.10. The number of non-ortho nitro benzene ring substituents is 1. The SMILES string of the molecule is Cc1nccn1-c1ccc(CNC(=O)C=Cc2ccc([N+](=O)[O-])cc2)cc1F. The largest absolute Gasteiger partial charge is 0.348 e. The predicted molar refractivity (Wildman–Crippen MR) is 102 cm³/mol. The van der Waals surface area contributed by atoms with Crippen LogP contribution in [0.25, 0.3) is 11.8 Å². The van der Waals surface area contributed by atoms with E-state index in [-0.39, 0.29) is 18.1 Å². The van der Waals surface area contributed by atoms with Crippen LogP contribution in [0.15, 0.2) is 60.9 Å². The van der Waals surface area contributed by atoms with E-state index in [0.29, 0.717) is 22.6 Å². The van der Waals surface area contributed by atoms with E-state index in [1.165, 1.54) is 24.3 Å². The topological polar surface area (TPSA) is 90.1 Å². The molecule has 1 N–H and O–H groups in total. The Morgan fingerprint density at radius 1 is 1.29 bits per heavy atom. The molecule has 0 aliphatic heterocycles. The number of hydrogen-bond donors (Lipinski definition) is 1. The van der Waals surface area contributed by atoms with Crippen LogP contribution < -0.4 is 5.32 Å². The summed E-state index contributed by atoms with van der Waals surface area (Å²) in [5.74, 6) is -0.0844. The van der Waals surface area contributed by atoms with Crippen molar-refractivity contribution in [1.29, 1.82) is 0 Å². The summed E-state index contributed by atoms with van der Waals surface area (Å²) in [4.78, 5) is 26.1. The van der Waals surface area contributed by atoms with Gasteiger partial charge in [-0.15, -0.1) is 0 Å². The van der Waals surface area contributed by atoms with Crippen molar-refractivity contribution in [3.8, 4) is 5.69 Å². The molecule has 0 bridgehead atoms. The summed E-state index contributed by atoms with van der Waals surface area (Å²) in [6.07, 6.45) is 6.14. The second-order valence-electron chi connectivity index (χ2n) is 6.03. The molecule has 0 fully saturated rings. The number of nitrogens with zero attached hydrogens (tertiary/aromatic N) is 3.